The van der Waals surface area contributed by atoms with Crippen molar-refractivity contribution in [3.8, 4) is 11.8 Å². The first-order valence-corrected chi connectivity index (χ1v) is 7.41. The first-order valence-electron chi connectivity index (χ1n) is 5.97. The topological polar surface area (TPSA) is 114 Å². The summed E-state index contributed by atoms with van der Waals surface area (Å²) in [6.45, 7) is 2.79. The Morgan fingerprint density at radius 1 is 1.48 bits per heavy atom. The van der Waals surface area contributed by atoms with Gasteiger partial charge in [0.2, 0.25) is 0 Å². The molecule has 8 nitrogen and oxygen atoms in total. The number of nitrogens with zero attached hydrogens (tertiary/aromatic N) is 3. The van der Waals surface area contributed by atoms with Gasteiger partial charge in [0.1, 0.15) is 12.3 Å². The third kappa shape index (κ3) is 3.48. The van der Waals surface area contributed by atoms with Crippen molar-refractivity contribution in [3.63, 3.8) is 0 Å². The van der Waals surface area contributed by atoms with E-state index >= 15 is 0 Å². The Kier molecular flexibility index (Phi) is 5.23. The van der Waals surface area contributed by atoms with Gasteiger partial charge in [-0.3, -0.25) is 10.1 Å². The lowest BCUT2D eigenvalue weighted by molar-refractivity contribution is -0.387. The molecule has 0 atom stereocenters. The molecule has 1 rings (SSSR count). The zero-order valence-corrected chi connectivity index (χ0v) is 12.6. The lowest BCUT2D eigenvalue weighted by atomic mass is 10.3. The Bertz CT molecular complexity index is 679. The SMILES string of the molecule is COc1ccc(S(=O)(=O)N(CC#N)C(C)C)c([N+](=O)[O-])c1. The van der Waals surface area contributed by atoms with Gasteiger partial charge in [0.05, 0.1) is 24.2 Å². The highest BCUT2D eigenvalue weighted by Crippen LogP contribution is 2.31. The van der Waals surface area contributed by atoms with E-state index in [1.165, 1.54) is 13.2 Å². The Balaban J connectivity index is 3.50. The summed E-state index contributed by atoms with van der Waals surface area (Å²) in [4.78, 5) is 9.84. The predicted molar refractivity (Wildman–Crippen MR) is 74.3 cm³/mol. The molecule has 0 saturated heterocycles. The molecule has 9 heteroatoms. The molecule has 0 unspecified atom stereocenters. The number of nitriles is 1. The number of benzene rings is 1. The normalized spacial score (nSPS) is 11.4. The van der Waals surface area contributed by atoms with Gasteiger partial charge in [-0.25, -0.2) is 8.42 Å². The lowest BCUT2D eigenvalue weighted by Gasteiger charge is -2.22. The van der Waals surface area contributed by atoms with Gasteiger partial charge in [0, 0.05) is 6.04 Å². The van der Waals surface area contributed by atoms with Gasteiger partial charge in [-0.05, 0) is 26.0 Å². The molecule has 0 aromatic heterocycles. The van der Waals surface area contributed by atoms with Crippen LogP contribution in [0, 0.1) is 21.4 Å². The van der Waals surface area contributed by atoms with Gasteiger partial charge < -0.3 is 4.74 Å². The first kappa shape index (κ1) is 16.9. The number of hydrogen-bond acceptors (Lipinski definition) is 6. The third-order valence-electron chi connectivity index (χ3n) is 2.75. The molecular weight excluding hydrogens is 298 g/mol. The maximum absolute atomic E-state index is 12.5. The fraction of sp³-hybridized carbons (Fsp3) is 0.417. The van der Waals surface area contributed by atoms with Crippen LogP contribution in [0.15, 0.2) is 23.1 Å². The van der Waals surface area contributed by atoms with Crippen molar-refractivity contribution in [2.75, 3.05) is 13.7 Å². The molecule has 114 valence electrons. The Morgan fingerprint density at radius 3 is 2.52 bits per heavy atom. The van der Waals surface area contributed by atoms with Crippen LogP contribution in [0.2, 0.25) is 0 Å². The summed E-state index contributed by atoms with van der Waals surface area (Å²) in [6, 6.07) is 4.72. The van der Waals surface area contributed by atoms with Gasteiger partial charge in [-0.1, -0.05) is 0 Å². The second-order valence-electron chi connectivity index (χ2n) is 4.39. The summed E-state index contributed by atoms with van der Waals surface area (Å²) >= 11 is 0. The zero-order valence-electron chi connectivity index (χ0n) is 11.8. The number of ether oxygens (including phenoxy) is 1. The maximum atomic E-state index is 12.5. The molecule has 0 aliphatic rings. The van der Waals surface area contributed by atoms with E-state index in [2.05, 4.69) is 0 Å². The van der Waals surface area contributed by atoms with Crippen LogP contribution in [0.4, 0.5) is 5.69 Å². The summed E-state index contributed by atoms with van der Waals surface area (Å²) in [5.41, 5.74) is -0.585. The standard InChI is InChI=1S/C12H15N3O5S/c1-9(2)14(7-6-13)21(18,19)12-5-4-10(20-3)8-11(12)15(16)17/h4-5,8-9H,7H2,1-3H3. The largest absolute Gasteiger partial charge is 0.497 e. The monoisotopic (exact) mass is 313 g/mol. The Morgan fingerprint density at radius 2 is 2.10 bits per heavy atom. The predicted octanol–water partition coefficient (Wildman–Crippen LogP) is 1.53. The van der Waals surface area contributed by atoms with E-state index in [1.807, 2.05) is 0 Å². The molecule has 0 N–H and O–H groups in total. The van der Waals surface area contributed by atoms with Crippen molar-refractivity contribution in [3.05, 3.63) is 28.3 Å². The number of sulfonamides is 1. The fourth-order valence-electron chi connectivity index (χ4n) is 1.73. The zero-order chi connectivity index (χ0) is 16.2. The van der Waals surface area contributed by atoms with Crippen LogP contribution >= 0.6 is 0 Å². The fourth-order valence-corrected chi connectivity index (χ4v) is 3.40. The minimum Gasteiger partial charge on any atom is -0.497 e. The van der Waals surface area contributed by atoms with Crippen molar-refractivity contribution in [1.82, 2.24) is 4.31 Å². The van der Waals surface area contributed by atoms with E-state index < -0.39 is 31.6 Å². The molecule has 0 radical (unpaired) electrons. The van der Waals surface area contributed by atoms with E-state index in [4.69, 9.17) is 10.00 Å². The van der Waals surface area contributed by atoms with Crippen LogP contribution in [0.25, 0.3) is 0 Å². The molecule has 0 saturated carbocycles. The van der Waals surface area contributed by atoms with Gasteiger partial charge in [0.25, 0.3) is 15.7 Å². The molecule has 21 heavy (non-hydrogen) atoms. The van der Waals surface area contributed by atoms with Crippen LogP contribution < -0.4 is 4.74 Å². The van der Waals surface area contributed by atoms with Gasteiger partial charge in [-0.15, -0.1) is 0 Å². The van der Waals surface area contributed by atoms with Crippen LogP contribution in [-0.2, 0) is 10.0 Å². The van der Waals surface area contributed by atoms with Crippen molar-refractivity contribution in [1.29, 1.82) is 5.26 Å². The summed E-state index contributed by atoms with van der Waals surface area (Å²) in [7, 11) is -2.83. The second-order valence-corrected chi connectivity index (χ2v) is 6.25. The smallest absolute Gasteiger partial charge is 0.293 e. The number of nitro groups is 1. The van der Waals surface area contributed by atoms with E-state index in [-0.39, 0.29) is 12.3 Å². The van der Waals surface area contributed by atoms with Gasteiger partial charge in [0.15, 0.2) is 4.90 Å². The number of rotatable bonds is 6. The lowest BCUT2D eigenvalue weighted by Crippen LogP contribution is -2.37. The van der Waals surface area contributed by atoms with Crippen LogP contribution in [0.1, 0.15) is 13.8 Å². The Labute approximate surface area is 122 Å². The van der Waals surface area contributed by atoms with Crippen LogP contribution in [0.3, 0.4) is 0 Å². The molecule has 0 spiro atoms. The number of methoxy groups -OCH3 is 1. The highest BCUT2D eigenvalue weighted by molar-refractivity contribution is 7.89. The summed E-state index contributed by atoms with van der Waals surface area (Å²) < 4.78 is 30.8. The van der Waals surface area contributed by atoms with Gasteiger partial charge >= 0.3 is 0 Å². The minimum absolute atomic E-state index is 0.178. The van der Waals surface area contributed by atoms with Crippen molar-refractivity contribution in [2.45, 2.75) is 24.8 Å². The molecule has 0 aliphatic carbocycles. The summed E-state index contributed by atoms with van der Waals surface area (Å²) in [6.07, 6.45) is 0. The van der Waals surface area contributed by atoms with Crippen LogP contribution in [0.5, 0.6) is 5.75 Å². The van der Waals surface area contributed by atoms with E-state index in [0.717, 1.165) is 16.4 Å². The molecule has 0 aliphatic heterocycles. The van der Waals surface area contributed by atoms with E-state index in [1.54, 1.807) is 19.9 Å². The van der Waals surface area contributed by atoms with E-state index in [0.29, 0.717) is 0 Å². The molecule has 1 aromatic rings. The molecule has 0 fully saturated rings. The molecule has 0 amide bonds. The van der Waals surface area contributed by atoms with Crippen molar-refractivity contribution >= 4 is 15.7 Å². The van der Waals surface area contributed by atoms with Gasteiger partial charge in [-0.2, -0.15) is 9.57 Å². The average molecular weight is 313 g/mol. The second kappa shape index (κ2) is 6.51. The highest BCUT2D eigenvalue weighted by Gasteiger charge is 2.33. The van der Waals surface area contributed by atoms with Crippen molar-refractivity contribution < 1.29 is 18.1 Å². The number of hydrogen-bond donors (Lipinski definition) is 0. The Hall–Kier alpha value is -2.18. The quantitative estimate of drug-likeness (QED) is 0.447. The molecule has 0 bridgehead atoms. The van der Waals surface area contributed by atoms with E-state index in [9.17, 15) is 18.5 Å². The van der Waals surface area contributed by atoms with Crippen molar-refractivity contribution in [2.24, 2.45) is 0 Å². The average Bonchev–Trinajstić information content (AvgIpc) is 2.43. The minimum atomic E-state index is -4.15. The molecular formula is C12H15N3O5S. The maximum Gasteiger partial charge on any atom is 0.293 e. The summed E-state index contributed by atoms with van der Waals surface area (Å²) in [5, 5.41) is 19.8. The third-order valence-corrected chi connectivity index (χ3v) is 4.82. The molecule has 1 aromatic carbocycles. The highest BCUT2D eigenvalue weighted by atomic mass is 32.2. The summed E-state index contributed by atoms with van der Waals surface area (Å²) in [5.74, 6) is 0.178. The van der Waals surface area contributed by atoms with Crippen LogP contribution in [-0.4, -0.2) is 37.3 Å². The number of nitro benzene ring substituents is 1. The first-order chi connectivity index (χ1) is 9.75. The molecule has 0 heterocycles.